The topological polar surface area (TPSA) is 78.4 Å². The van der Waals surface area contributed by atoms with E-state index in [9.17, 15) is 23.5 Å². The van der Waals surface area contributed by atoms with Crippen molar-refractivity contribution in [2.75, 3.05) is 11.9 Å². The lowest BCUT2D eigenvalue weighted by Crippen LogP contribution is -2.60. The summed E-state index contributed by atoms with van der Waals surface area (Å²) in [6.07, 6.45) is 0.555. The van der Waals surface area contributed by atoms with E-state index < -0.39 is 23.3 Å². The van der Waals surface area contributed by atoms with Gasteiger partial charge in [0.25, 0.3) is 5.91 Å². The Labute approximate surface area is 132 Å². The maximum atomic E-state index is 13.9. The SMILES string of the molecule is O=C1Nc2ccccc2C1CCNC(=O)C(F)(F)C1(O)CCC1. The van der Waals surface area contributed by atoms with Crippen LogP contribution in [0.4, 0.5) is 14.5 Å². The van der Waals surface area contributed by atoms with E-state index in [0.29, 0.717) is 12.1 Å². The number of rotatable bonds is 5. The van der Waals surface area contributed by atoms with Gasteiger partial charge in [0.2, 0.25) is 5.91 Å². The van der Waals surface area contributed by atoms with E-state index in [4.69, 9.17) is 0 Å². The number of para-hydroxylation sites is 1. The van der Waals surface area contributed by atoms with Crippen molar-refractivity contribution in [1.82, 2.24) is 5.32 Å². The van der Waals surface area contributed by atoms with Crippen molar-refractivity contribution in [3.63, 3.8) is 0 Å². The van der Waals surface area contributed by atoms with E-state index in [2.05, 4.69) is 10.6 Å². The third kappa shape index (κ3) is 2.59. The summed E-state index contributed by atoms with van der Waals surface area (Å²) in [6, 6.07) is 7.16. The number of nitrogens with one attached hydrogen (secondary N) is 2. The average Bonchev–Trinajstić information content (AvgIpc) is 2.80. The van der Waals surface area contributed by atoms with Gasteiger partial charge in [0.05, 0.1) is 5.92 Å². The number of carbonyl (C=O) groups excluding carboxylic acids is 2. The molecule has 1 atom stereocenters. The van der Waals surface area contributed by atoms with Gasteiger partial charge in [-0.2, -0.15) is 8.78 Å². The monoisotopic (exact) mass is 324 g/mol. The molecule has 1 heterocycles. The fourth-order valence-electron chi connectivity index (χ4n) is 3.04. The Kier molecular flexibility index (Phi) is 3.83. The highest BCUT2D eigenvalue weighted by atomic mass is 19.3. The third-order valence-corrected chi connectivity index (χ3v) is 4.68. The van der Waals surface area contributed by atoms with Gasteiger partial charge in [0.15, 0.2) is 0 Å². The summed E-state index contributed by atoms with van der Waals surface area (Å²) in [6.45, 7) is -0.0586. The van der Waals surface area contributed by atoms with Crippen LogP contribution in [0.1, 0.15) is 37.2 Å². The molecule has 7 heteroatoms. The quantitative estimate of drug-likeness (QED) is 0.772. The van der Waals surface area contributed by atoms with Crippen LogP contribution in [0.2, 0.25) is 0 Å². The van der Waals surface area contributed by atoms with Crippen LogP contribution < -0.4 is 10.6 Å². The molecule has 1 aliphatic heterocycles. The first-order valence-electron chi connectivity index (χ1n) is 7.63. The van der Waals surface area contributed by atoms with E-state index >= 15 is 0 Å². The lowest BCUT2D eigenvalue weighted by molar-refractivity contribution is -0.215. The molecule has 0 spiro atoms. The summed E-state index contributed by atoms with van der Waals surface area (Å²) < 4.78 is 27.8. The standard InChI is InChI=1S/C16H18F2N2O3/c17-16(18,15(23)7-3-8-15)14(22)19-9-6-11-10-4-1-2-5-12(10)20-13(11)21/h1-2,4-5,11,23H,3,6-9H2,(H,19,22)(H,20,21). The summed E-state index contributed by atoms with van der Waals surface area (Å²) in [5.41, 5.74) is -0.715. The zero-order chi connectivity index (χ0) is 16.7. The summed E-state index contributed by atoms with van der Waals surface area (Å²) in [7, 11) is 0. The van der Waals surface area contributed by atoms with Gasteiger partial charge < -0.3 is 15.7 Å². The minimum absolute atomic E-state index is 0.0586. The van der Waals surface area contributed by atoms with Crippen LogP contribution in [0.3, 0.4) is 0 Å². The van der Waals surface area contributed by atoms with Crippen LogP contribution in [-0.4, -0.2) is 35.0 Å². The van der Waals surface area contributed by atoms with Crippen molar-refractivity contribution >= 4 is 17.5 Å². The number of aliphatic hydroxyl groups is 1. The van der Waals surface area contributed by atoms with Gasteiger partial charge in [-0.1, -0.05) is 18.2 Å². The highest BCUT2D eigenvalue weighted by molar-refractivity contribution is 6.02. The molecule has 1 aromatic carbocycles. The van der Waals surface area contributed by atoms with Crippen LogP contribution in [0.25, 0.3) is 0 Å². The lowest BCUT2D eigenvalue weighted by Gasteiger charge is -2.41. The maximum absolute atomic E-state index is 13.9. The summed E-state index contributed by atoms with van der Waals surface area (Å²) in [5.74, 6) is -5.95. The molecule has 1 aliphatic carbocycles. The number of benzene rings is 1. The lowest BCUT2D eigenvalue weighted by atomic mass is 9.75. The van der Waals surface area contributed by atoms with Gasteiger partial charge in [-0.3, -0.25) is 9.59 Å². The van der Waals surface area contributed by atoms with Crippen molar-refractivity contribution in [3.05, 3.63) is 29.8 Å². The zero-order valence-corrected chi connectivity index (χ0v) is 12.4. The Hall–Kier alpha value is -2.02. The first-order valence-corrected chi connectivity index (χ1v) is 7.63. The van der Waals surface area contributed by atoms with E-state index in [1.165, 1.54) is 0 Å². The number of halogens is 2. The molecule has 1 fully saturated rings. The van der Waals surface area contributed by atoms with Crippen LogP contribution >= 0.6 is 0 Å². The number of hydrogen-bond acceptors (Lipinski definition) is 3. The molecule has 3 rings (SSSR count). The number of alkyl halides is 2. The summed E-state index contributed by atoms with van der Waals surface area (Å²) in [5, 5.41) is 14.6. The average molecular weight is 324 g/mol. The Bertz CT molecular complexity index is 644. The molecule has 2 aliphatic rings. The van der Waals surface area contributed by atoms with Crippen molar-refractivity contribution in [2.24, 2.45) is 0 Å². The molecule has 1 aromatic rings. The van der Waals surface area contributed by atoms with Crippen LogP contribution in [0, 0.1) is 0 Å². The molecule has 0 radical (unpaired) electrons. The molecule has 124 valence electrons. The fourth-order valence-corrected chi connectivity index (χ4v) is 3.04. The van der Waals surface area contributed by atoms with Gasteiger partial charge in [-0.25, -0.2) is 0 Å². The third-order valence-electron chi connectivity index (χ3n) is 4.68. The number of fused-ring (bicyclic) bond motifs is 1. The Morgan fingerprint density at radius 3 is 2.74 bits per heavy atom. The van der Waals surface area contributed by atoms with Crippen LogP contribution in [0.15, 0.2) is 24.3 Å². The number of amides is 2. The first kappa shape index (κ1) is 15.9. The largest absolute Gasteiger partial charge is 0.383 e. The highest BCUT2D eigenvalue weighted by Crippen LogP contribution is 2.44. The minimum atomic E-state index is -3.80. The van der Waals surface area contributed by atoms with E-state index in [0.717, 1.165) is 5.56 Å². The van der Waals surface area contributed by atoms with Crippen LogP contribution in [-0.2, 0) is 9.59 Å². The normalized spacial score (nSPS) is 22.0. The molecule has 3 N–H and O–H groups in total. The first-order chi connectivity index (χ1) is 10.8. The molecule has 1 saturated carbocycles. The number of carbonyl (C=O) groups is 2. The molecule has 0 bridgehead atoms. The smallest absolute Gasteiger partial charge is 0.352 e. The predicted molar refractivity (Wildman–Crippen MR) is 79.2 cm³/mol. The van der Waals surface area contributed by atoms with Gasteiger partial charge in [-0.05, 0) is 37.3 Å². The Balaban J connectivity index is 1.58. The molecule has 0 aromatic heterocycles. The van der Waals surface area contributed by atoms with Crippen molar-refractivity contribution in [2.45, 2.75) is 43.1 Å². The van der Waals surface area contributed by atoms with Gasteiger partial charge >= 0.3 is 5.92 Å². The van der Waals surface area contributed by atoms with Gasteiger partial charge in [0, 0.05) is 12.2 Å². The number of hydrogen-bond donors (Lipinski definition) is 3. The Morgan fingerprint density at radius 1 is 1.39 bits per heavy atom. The molecule has 0 saturated heterocycles. The van der Waals surface area contributed by atoms with Crippen molar-refractivity contribution in [3.8, 4) is 0 Å². The van der Waals surface area contributed by atoms with E-state index in [1.807, 2.05) is 0 Å². The minimum Gasteiger partial charge on any atom is -0.383 e. The highest BCUT2D eigenvalue weighted by Gasteiger charge is 2.61. The molecule has 2 amide bonds. The number of anilines is 1. The van der Waals surface area contributed by atoms with Crippen molar-refractivity contribution in [1.29, 1.82) is 0 Å². The molecule has 23 heavy (non-hydrogen) atoms. The zero-order valence-electron chi connectivity index (χ0n) is 12.4. The maximum Gasteiger partial charge on any atom is 0.352 e. The van der Waals surface area contributed by atoms with E-state index in [-0.39, 0.29) is 31.7 Å². The van der Waals surface area contributed by atoms with Crippen LogP contribution in [0.5, 0.6) is 0 Å². The molecule has 1 unspecified atom stereocenters. The molecular weight excluding hydrogens is 306 g/mol. The summed E-state index contributed by atoms with van der Waals surface area (Å²) in [4.78, 5) is 23.6. The van der Waals surface area contributed by atoms with Gasteiger partial charge in [-0.15, -0.1) is 0 Å². The molecule has 5 nitrogen and oxygen atoms in total. The fraction of sp³-hybridized carbons (Fsp3) is 0.500. The van der Waals surface area contributed by atoms with Gasteiger partial charge in [0.1, 0.15) is 5.60 Å². The second kappa shape index (κ2) is 5.56. The second-order valence-electron chi connectivity index (χ2n) is 6.13. The summed E-state index contributed by atoms with van der Waals surface area (Å²) >= 11 is 0. The van der Waals surface area contributed by atoms with E-state index in [1.54, 1.807) is 24.3 Å². The Morgan fingerprint density at radius 2 is 2.09 bits per heavy atom. The second-order valence-corrected chi connectivity index (χ2v) is 6.13. The predicted octanol–water partition coefficient (Wildman–Crippen LogP) is 1.78. The van der Waals surface area contributed by atoms with Crippen molar-refractivity contribution < 1.29 is 23.5 Å². The molecular formula is C16H18F2N2O3.